The van der Waals surface area contributed by atoms with Crippen molar-refractivity contribution in [3.63, 3.8) is 0 Å². The van der Waals surface area contributed by atoms with E-state index in [-0.39, 0.29) is 23.0 Å². The zero-order chi connectivity index (χ0) is 29.1. The Kier molecular flexibility index (Phi) is 7.88. The maximum Gasteiger partial charge on any atom is 0.379 e. The van der Waals surface area contributed by atoms with Gasteiger partial charge in [-0.25, -0.2) is 4.79 Å². The molecule has 2 N–H and O–H groups in total. The van der Waals surface area contributed by atoms with Gasteiger partial charge in [0.25, 0.3) is 0 Å². The second kappa shape index (κ2) is 11.7. The summed E-state index contributed by atoms with van der Waals surface area (Å²) in [6.07, 6.45) is 2.83. The van der Waals surface area contributed by atoms with Crippen molar-refractivity contribution < 1.29 is 28.2 Å². The first-order chi connectivity index (χ1) is 19.9. The molecule has 0 spiro atoms. The van der Waals surface area contributed by atoms with Gasteiger partial charge < -0.3 is 29.1 Å². The average Bonchev–Trinajstić information content (AvgIpc) is 3.32. The van der Waals surface area contributed by atoms with Gasteiger partial charge in [-0.1, -0.05) is 38.5 Å². The summed E-state index contributed by atoms with van der Waals surface area (Å²) in [4.78, 5) is 13.1. The summed E-state index contributed by atoms with van der Waals surface area (Å²) in [5.74, 6) is 0.813. The number of allylic oxidation sites excluding steroid dienone is 1. The first-order valence-electron chi connectivity index (χ1n) is 13.6. The van der Waals surface area contributed by atoms with Crippen molar-refractivity contribution in [2.75, 3.05) is 13.7 Å². The number of rotatable bonds is 9. The fourth-order valence-corrected chi connectivity index (χ4v) is 4.99. The predicted octanol–water partition coefficient (Wildman–Crippen LogP) is 6.93. The molecule has 0 amide bonds. The Morgan fingerprint density at radius 3 is 2.63 bits per heavy atom. The molecule has 3 aromatic carbocycles. The lowest BCUT2D eigenvalue weighted by Gasteiger charge is -2.27. The molecule has 1 aromatic heterocycles. The Balaban J connectivity index is 1.45. The fraction of sp³-hybridized carbons (Fsp3) is 0.273. The van der Waals surface area contributed by atoms with E-state index in [2.05, 4.69) is 19.9 Å². The van der Waals surface area contributed by atoms with Gasteiger partial charge in [0, 0.05) is 22.6 Å². The minimum Gasteiger partial charge on any atom is -0.493 e. The van der Waals surface area contributed by atoms with Gasteiger partial charge in [0.2, 0.25) is 11.6 Å². The number of carbonyl (C=O) groups is 1. The molecule has 1 atom stereocenters. The fourth-order valence-electron chi connectivity index (χ4n) is 4.99. The number of carbonyl (C=O) groups excluding carboxylic acids is 1. The molecule has 0 bridgehead atoms. The first-order valence-corrected chi connectivity index (χ1v) is 13.6. The van der Waals surface area contributed by atoms with Crippen LogP contribution in [0.3, 0.4) is 0 Å². The van der Waals surface area contributed by atoms with Crippen molar-refractivity contribution in [2.24, 2.45) is 5.73 Å². The van der Waals surface area contributed by atoms with E-state index in [1.807, 2.05) is 43.3 Å². The van der Waals surface area contributed by atoms with Crippen molar-refractivity contribution in [2.45, 2.75) is 46.0 Å². The maximum atomic E-state index is 13.1. The third-order valence-electron chi connectivity index (χ3n) is 7.27. The molecule has 8 heteroatoms. The molecule has 210 valence electrons. The van der Waals surface area contributed by atoms with Gasteiger partial charge in [-0.2, -0.15) is 5.26 Å². The van der Waals surface area contributed by atoms with Crippen LogP contribution in [-0.4, -0.2) is 19.7 Å². The summed E-state index contributed by atoms with van der Waals surface area (Å²) >= 11 is 0. The summed E-state index contributed by atoms with van der Waals surface area (Å²) in [5.41, 5.74) is 10.4. The van der Waals surface area contributed by atoms with E-state index in [1.165, 1.54) is 0 Å². The van der Waals surface area contributed by atoms with Crippen LogP contribution in [0.4, 0.5) is 0 Å². The zero-order valence-corrected chi connectivity index (χ0v) is 23.6. The normalized spacial score (nSPS) is 14.3. The number of furan rings is 1. The Labute approximate surface area is 238 Å². The Morgan fingerprint density at radius 2 is 1.90 bits per heavy atom. The lowest BCUT2D eigenvalue weighted by molar-refractivity contribution is 0.0702. The number of fused-ring (bicyclic) bond motifs is 2. The Hall–Kier alpha value is -4.90. The number of unbranched alkanes of at least 4 members (excludes halogenated alkanes) is 1. The molecule has 0 aliphatic carbocycles. The maximum absolute atomic E-state index is 13.1. The molecule has 1 unspecified atom stereocenters. The number of hydrogen-bond donors (Lipinski definition) is 1. The van der Waals surface area contributed by atoms with E-state index < -0.39 is 11.9 Å². The standard InChI is InChI=1S/C33H32N2O6/c1-5-7-14-38-27-13-9-21(16-29(27)37-4)30-23-11-10-22(17-28(23)41-32(35)25(30)18-34)39-33(36)31-19(3)24-15-20(6-2)8-12-26(24)40-31/h8-13,15-17,30H,5-7,14,35H2,1-4H3. The summed E-state index contributed by atoms with van der Waals surface area (Å²) in [7, 11) is 1.58. The van der Waals surface area contributed by atoms with Crippen LogP contribution >= 0.6 is 0 Å². The number of nitrogens with two attached hydrogens (primary N) is 1. The van der Waals surface area contributed by atoms with Crippen LogP contribution in [0.5, 0.6) is 23.0 Å². The molecular weight excluding hydrogens is 520 g/mol. The van der Waals surface area contributed by atoms with Crippen LogP contribution in [0.1, 0.15) is 65.4 Å². The minimum absolute atomic E-state index is 0.0180. The molecule has 2 heterocycles. The Morgan fingerprint density at radius 1 is 1.07 bits per heavy atom. The number of benzene rings is 3. The Bertz CT molecular complexity index is 1690. The van der Waals surface area contributed by atoms with Crippen LogP contribution in [-0.2, 0) is 6.42 Å². The minimum atomic E-state index is -0.617. The van der Waals surface area contributed by atoms with Crippen molar-refractivity contribution >= 4 is 16.9 Å². The molecule has 5 rings (SSSR count). The van der Waals surface area contributed by atoms with E-state index in [1.54, 1.807) is 25.3 Å². The van der Waals surface area contributed by atoms with Gasteiger partial charge in [0.05, 0.1) is 19.6 Å². The summed E-state index contributed by atoms with van der Waals surface area (Å²) < 4.78 is 28.8. The highest BCUT2D eigenvalue weighted by Gasteiger charge is 2.32. The number of esters is 1. The van der Waals surface area contributed by atoms with Crippen molar-refractivity contribution in [3.8, 4) is 29.1 Å². The highest BCUT2D eigenvalue weighted by Crippen LogP contribution is 2.45. The summed E-state index contributed by atoms with van der Waals surface area (Å²) in [6, 6.07) is 18.6. The van der Waals surface area contributed by atoms with Gasteiger partial charge in [0.1, 0.15) is 28.7 Å². The molecule has 0 radical (unpaired) electrons. The van der Waals surface area contributed by atoms with E-state index in [0.29, 0.717) is 35.0 Å². The van der Waals surface area contributed by atoms with Gasteiger partial charge in [-0.05, 0) is 61.2 Å². The number of nitriles is 1. The molecule has 0 saturated carbocycles. The van der Waals surface area contributed by atoms with Crippen molar-refractivity contribution in [1.29, 1.82) is 5.26 Å². The number of methoxy groups -OCH3 is 1. The largest absolute Gasteiger partial charge is 0.493 e. The first kappa shape index (κ1) is 27.7. The molecule has 8 nitrogen and oxygen atoms in total. The smallest absolute Gasteiger partial charge is 0.379 e. The van der Waals surface area contributed by atoms with Gasteiger partial charge in [-0.15, -0.1) is 0 Å². The second-order valence-electron chi connectivity index (χ2n) is 9.87. The average molecular weight is 553 g/mol. The summed E-state index contributed by atoms with van der Waals surface area (Å²) in [5, 5.41) is 10.8. The third kappa shape index (κ3) is 5.31. The topological polar surface area (TPSA) is 117 Å². The van der Waals surface area contributed by atoms with Crippen LogP contribution in [0.15, 0.2) is 70.5 Å². The quantitative estimate of drug-likeness (QED) is 0.135. The van der Waals surface area contributed by atoms with Gasteiger partial charge >= 0.3 is 5.97 Å². The lowest BCUT2D eigenvalue weighted by Crippen LogP contribution is -2.21. The molecular formula is C33H32N2O6. The second-order valence-corrected chi connectivity index (χ2v) is 9.87. The van der Waals surface area contributed by atoms with Crippen LogP contribution < -0.4 is 24.7 Å². The van der Waals surface area contributed by atoms with Gasteiger partial charge in [-0.3, -0.25) is 0 Å². The number of nitrogens with zero attached hydrogens (tertiary/aromatic N) is 1. The van der Waals surface area contributed by atoms with Crippen molar-refractivity contribution in [3.05, 3.63) is 94.1 Å². The summed E-state index contributed by atoms with van der Waals surface area (Å²) in [6.45, 7) is 6.59. The molecule has 4 aromatic rings. The molecule has 41 heavy (non-hydrogen) atoms. The van der Waals surface area contributed by atoms with Crippen LogP contribution in [0.2, 0.25) is 0 Å². The monoisotopic (exact) mass is 552 g/mol. The van der Waals surface area contributed by atoms with Crippen LogP contribution in [0, 0.1) is 18.3 Å². The molecule has 1 aliphatic heterocycles. The van der Waals surface area contributed by atoms with E-state index in [4.69, 9.17) is 29.1 Å². The number of aryl methyl sites for hydroxylation is 2. The van der Waals surface area contributed by atoms with E-state index in [0.717, 1.165) is 41.3 Å². The molecule has 0 saturated heterocycles. The highest BCUT2D eigenvalue weighted by atomic mass is 16.5. The lowest BCUT2D eigenvalue weighted by atomic mass is 9.83. The highest BCUT2D eigenvalue weighted by molar-refractivity contribution is 5.97. The number of hydrogen-bond acceptors (Lipinski definition) is 8. The van der Waals surface area contributed by atoms with Crippen LogP contribution in [0.25, 0.3) is 11.0 Å². The SMILES string of the molecule is CCCCOc1ccc(C2C(C#N)=C(N)Oc3cc(OC(=O)c4oc5ccc(CC)cc5c4C)ccc32)cc1OC. The number of ether oxygens (including phenoxy) is 4. The van der Waals surface area contributed by atoms with E-state index >= 15 is 0 Å². The molecule has 0 fully saturated rings. The van der Waals surface area contributed by atoms with Crippen molar-refractivity contribution in [1.82, 2.24) is 0 Å². The molecule has 1 aliphatic rings. The van der Waals surface area contributed by atoms with E-state index in [9.17, 15) is 10.1 Å². The van der Waals surface area contributed by atoms with Gasteiger partial charge in [0.15, 0.2) is 11.5 Å². The third-order valence-corrected chi connectivity index (χ3v) is 7.27. The predicted molar refractivity (Wildman–Crippen MR) is 154 cm³/mol. The zero-order valence-electron chi connectivity index (χ0n) is 23.6.